The number of likely N-dealkylation sites (N-methyl/N-ethyl adjacent to an activating group) is 1. The minimum absolute atomic E-state index is 0.281. The summed E-state index contributed by atoms with van der Waals surface area (Å²) < 4.78 is 0.951. The number of aliphatic hydroxyl groups excluding tert-OH is 1. The van der Waals surface area contributed by atoms with E-state index in [4.69, 9.17) is 4.99 Å². The number of quaternary nitrogens is 1. The van der Waals surface area contributed by atoms with Gasteiger partial charge in [0.15, 0.2) is 5.84 Å². The molecule has 1 aliphatic heterocycles. The predicted octanol–water partition coefficient (Wildman–Crippen LogP) is 7.83. The fraction of sp³-hybridized carbons (Fsp3) is 0.893. The third-order valence-electron chi connectivity index (χ3n) is 7.31. The molecule has 1 N–H and O–H groups in total. The van der Waals surface area contributed by atoms with E-state index in [2.05, 4.69) is 13.5 Å². The summed E-state index contributed by atoms with van der Waals surface area (Å²) in [5, 5.41) is 9.40. The standard InChI is InChI=1S/C28H55N2O/c1-3-5-6-7-8-9-10-11-12-13-14-15-16-17-18-19-20-21-22-23-28-29-24-25-30(28,4-2)26-27-31/h3,31H,1,4-27H2,2H3/q+1. The molecule has 3 nitrogen and oxygen atoms in total. The van der Waals surface area contributed by atoms with Crippen LogP contribution in [-0.2, 0) is 0 Å². The third kappa shape index (κ3) is 13.5. The van der Waals surface area contributed by atoms with Crippen LogP contribution in [0.4, 0.5) is 0 Å². The Morgan fingerprint density at radius 3 is 1.65 bits per heavy atom. The van der Waals surface area contributed by atoms with Crippen LogP contribution in [0.25, 0.3) is 0 Å². The van der Waals surface area contributed by atoms with Crippen molar-refractivity contribution in [1.82, 2.24) is 0 Å². The van der Waals surface area contributed by atoms with E-state index >= 15 is 0 Å². The van der Waals surface area contributed by atoms with E-state index < -0.39 is 0 Å². The highest BCUT2D eigenvalue weighted by Gasteiger charge is 2.35. The van der Waals surface area contributed by atoms with E-state index in [9.17, 15) is 5.11 Å². The Labute approximate surface area is 195 Å². The summed E-state index contributed by atoms with van der Waals surface area (Å²) in [7, 11) is 0. The van der Waals surface area contributed by atoms with Crippen LogP contribution in [-0.4, -0.2) is 48.2 Å². The highest BCUT2D eigenvalue weighted by molar-refractivity contribution is 5.76. The molecule has 0 aromatic rings. The average molecular weight is 436 g/mol. The molecule has 0 aromatic carbocycles. The lowest BCUT2D eigenvalue weighted by atomic mass is 10.0. The van der Waals surface area contributed by atoms with Crippen molar-refractivity contribution >= 4 is 5.84 Å². The molecule has 1 aliphatic rings. The van der Waals surface area contributed by atoms with Crippen molar-refractivity contribution in [3.05, 3.63) is 12.7 Å². The van der Waals surface area contributed by atoms with Crippen LogP contribution in [0, 0.1) is 0 Å². The first kappa shape index (κ1) is 28.4. The first-order valence-corrected chi connectivity index (χ1v) is 13.9. The Balaban J connectivity index is 1.81. The second-order valence-corrected chi connectivity index (χ2v) is 9.77. The summed E-state index contributed by atoms with van der Waals surface area (Å²) >= 11 is 0. The van der Waals surface area contributed by atoms with Crippen LogP contribution < -0.4 is 0 Å². The Morgan fingerprint density at radius 2 is 1.23 bits per heavy atom. The van der Waals surface area contributed by atoms with Crippen molar-refractivity contribution in [2.75, 3.05) is 32.8 Å². The summed E-state index contributed by atoms with van der Waals surface area (Å²) in [4.78, 5) is 4.77. The van der Waals surface area contributed by atoms with E-state index in [1.54, 1.807) is 0 Å². The van der Waals surface area contributed by atoms with Crippen LogP contribution >= 0.6 is 0 Å². The highest BCUT2D eigenvalue weighted by Crippen LogP contribution is 2.20. The SMILES string of the molecule is C=CCCCCCCCCCCCCCCCCCCCC1=NCC[N+]1(CC)CCO. The van der Waals surface area contributed by atoms with E-state index in [0.29, 0.717) is 0 Å². The van der Waals surface area contributed by atoms with E-state index in [1.807, 2.05) is 6.08 Å². The van der Waals surface area contributed by atoms with Crippen LogP contribution in [0.15, 0.2) is 17.6 Å². The van der Waals surface area contributed by atoms with Gasteiger partial charge in [-0.05, 0) is 26.2 Å². The zero-order valence-electron chi connectivity index (χ0n) is 21.1. The molecule has 0 bridgehead atoms. The third-order valence-corrected chi connectivity index (χ3v) is 7.31. The second-order valence-electron chi connectivity index (χ2n) is 9.77. The fourth-order valence-corrected chi connectivity index (χ4v) is 5.12. The van der Waals surface area contributed by atoms with Gasteiger partial charge in [0, 0.05) is 6.42 Å². The smallest absolute Gasteiger partial charge is 0.198 e. The number of nitrogens with zero attached hydrogens (tertiary/aromatic N) is 2. The molecule has 0 fully saturated rings. The molecule has 182 valence electrons. The molecule has 31 heavy (non-hydrogen) atoms. The van der Waals surface area contributed by atoms with Gasteiger partial charge in [0.25, 0.3) is 0 Å². The van der Waals surface area contributed by atoms with Crippen LogP contribution in [0.5, 0.6) is 0 Å². The molecule has 0 saturated carbocycles. The lowest BCUT2D eigenvalue weighted by molar-refractivity contribution is -0.835. The molecule has 0 amide bonds. The quantitative estimate of drug-likeness (QED) is 0.0990. The zero-order chi connectivity index (χ0) is 22.5. The first-order valence-electron chi connectivity index (χ1n) is 13.9. The first-order chi connectivity index (χ1) is 15.3. The summed E-state index contributed by atoms with van der Waals surface area (Å²) in [6, 6.07) is 0. The molecule has 0 aromatic heterocycles. The van der Waals surface area contributed by atoms with Crippen molar-refractivity contribution in [2.45, 2.75) is 129 Å². The van der Waals surface area contributed by atoms with Crippen molar-refractivity contribution in [2.24, 2.45) is 4.99 Å². The maximum absolute atomic E-state index is 9.40. The molecule has 0 saturated heterocycles. The largest absolute Gasteiger partial charge is 0.390 e. The maximum Gasteiger partial charge on any atom is 0.198 e. The Bertz CT molecular complexity index is 448. The van der Waals surface area contributed by atoms with Crippen LogP contribution in [0.1, 0.15) is 129 Å². The number of aliphatic hydroxyl groups is 1. The molecule has 1 atom stereocenters. The molecule has 1 unspecified atom stereocenters. The summed E-state index contributed by atoms with van der Waals surface area (Å²) in [6.45, 7) is 10.3. The van der Waals surface area contributed by atoms with Gasteiger partial charge < -0.3 is 5.11 Å². The molecule has 0 aliphatic carbocycles. The predicted molar refractivity (Wildman–Crippen MR) is 138 cm³/mol. The number of hydrogen-bond acceptors (Lipinski definition) is 2. The van der Waals surface area contributed by atoms with Gasteiger partial charge in [-0.15, -0.1) is 6.58 Å². The Morgan fingerprint density at radius 1 is 0.774 bits per heavy atom. The number of unbranched alkanes of at least 4 members (excludes halogenated alkanes) is 17. The average Bonchev–Trinajstić information content (AvgIpc) is 3.18. The summed E-state index contributed by atoms with van der Waals surface area (Å²) in [5.74, 6) is 1.36. The van der Waals surface area contributed by atoms with Crippen molar-refractivity contribution in [3.63, 3.8) is 0 Å². The molecular formula is C28H55N2O+. The molecule has 0 radical (unpaired) electrons. The second kappa shape index (κ2) is 20.0. The van der Waals surface area contributed by atoms with E-state index in [1.165, 1.54) is 121 Å². The van der Waals surface area contributed by atoms with Crippen LogP contribution in [0.2, 0.25) is 0 Å². The fourth-order valence-electron chi connectivity index (χ4n) is 5.12. The lowest BCUT2D eigenvalue weighted by Gasteiger charge is -2.33. The van der Waals surface area contributed by atoms with Gasteiger partial charge in [0.05, 0.1) is 19.7 Å². The van der Waals surface area contributed by atoms with Crippen molar-refractivity contribution in [1.29, 1.82) is 0 Å². The van der Waals surface area contributed by atoms with Gasteiger partial charge in [-0.25, -0.2) is 4.99 Å². The number of hydrogen-bond donors (Lipinski definition) is 1. The number of rotatable bonds is 23. The molecule has 1 heterocycles. The summed E-state index contributed by atoms with van der Waals surface area (Å²) in [6.07, 6.45) is 28.4. The van der Waals surface area contributed by atoms with E-state index in [-0.39, 0.29) is 6.61 Å². The van der Waals surface area contributed by atoms with Gasteiger partial charge in [0.2, 0.25) is 0 Å². The van der Waals surface area contributed by atoms with Gasteiger partial charge in [0.1, 0.15) is 13.1 Å². The Hall–Kier alpha value is -0.670. The number of aliphatic imine (C=N–C) groups is 1. The maximum atomic E-state index is 9.40. The van der Waals surface area contributed by atoms with Gasteiger partial charge >= 0.3 is 0 Å². The monoisotopic (exact) mass is 435 g/mol. The molecule has 0 spiro atoms. The van der Waals surface area contributed by atoms with Crippen LogP contribution in [0.3, 0.4) is 0 Å². The lowest BCUT2D eigenvalue weighted by Crippen LogP contribution is -2.52. The minimum Gasteiger partial charge on any atom is -0.390 e. The van der Waals surface area contributed by atoms with E-state index in [0.717, 1.165) is 37.1 Å². The topological polar surface area (TPSA) is 32.6 Å². The normalized spacial score (nSPS) is 18.5. The number of allylic oxidation sites excluding steroid dienone is 1. The Kier molecular flexibility index (Phi) is 18.3. The summed E-state index contributed by atoms with van der Waals surface area (Å²) in [5.41, 5.74) is 0. The van der Waals surface area contributed by atoms with Crippen molar-refractivity contribution < 1.29 is 9.59 Å². The van der Waals surface area contributed by atoms with Gasteiger partial charge in [-0.2, -0.15) is 0 Å². The zero-order valence-corrected chi connectivity index (χ0v) is 21.1. The minimum atomic E-state index is 0.281. The van der Waals surface area contributed by atoms with Gasteiger partial charge in [-0.1, -0.05) is 102 Å². The molecular weight excluding hydrogens is 380 g/mol. The number of amidine groups is 1. The molecule has 3 heteroatoms. The molecule has 1 rings (SSSR count). The van der Waals surface area contributed by atoms with Gasteiger partial charge in [-0.3, -0.25) is 4.48 Å². The highest BCUT2D eigenvalue weighted by atomic mass is 16.3. The van der Waals surface area contributed by atoms with Crippen molar-refractivity contribution in [3.8, 4) is 0 Å².